The molecule has 0 bridgehead atoms. The van der Waals surface area contributed by atoms with E-state index in [9.17, 15) is 0 Å². The molecule has 0 saturated carbocycles. The molecule has 158 valence electrons. The van der Waals surface area contributed by atoms with Crippen LogP contribution < -0.4 is 20.1 Å². The lowest BCUT2D eigenvalue weighted by Crippen LogP contribution is -2.41. The minimum absolute atomic E-state index is 0.0630. The van der Waals surface area contributed by atoms with Crippen LogP contribution >= 0.6 is 0 Å². The highest BCUT2D eigenvalue weighted by Gasteiger charge is 2.10. The van der Waals surface area contributed by atoms with Gasteiger partial charge in [0.25, 0.3) is 0 Å². The zero-order chi connectivity index (χ0) is 21.2. The second-order valence-corrected chi connectivity index (χ2v) is 6.86. The van der Waals surface area contributed by atoms with E-state index in [1.165, 1.54) is 11.1 Å². The maximum Gasteiger partial charge on any atom is 0.191 e. The molecule has 2 N–H and O–H groups in total. The van der Waals surface area contributed by atoms with Gasteiger partial charge in [-0.2, -0.15) is 5.10 Å². The molecule has 0 aliphatic carbocycles. The number of benzene rings is 2. The monoisotopic (exact) mass is 407 g/mol. The van der Waals surface area contributed by atoms with E-state index in [4.69, 9.17) is 9.47 Å². The number of nitrogens with zero attached hydrogens (tertiary/aromatic N) is 3. The Bertz CT molecular complexity index is 940. The molecule has 0 amide bonds. The lowest BCUT2D eigenvalue weighted by Gasteiger charge is -2.19. The molecule has 3 rings (SSSR count). The lowest BCUT2D eigenvalue weighted by atomic mass is 10.1. The van der Waals surface area contributed by atoms with Gasteiger partial charge in [-0.05, 0) is 36.2 Å². The second-order valence-electron chi connectivity index (χ2n) is 6.86. The van der Waals surface area contributed by atoms with Gasteiger partial charge in [-0.3, -0.25) is 9.67 Å². The molecule has 1 heterocycles. The number of rotatable bonds is 9. The van der Waals surface area contributed by atoms with Crippen molar-refractivity contribution >= 4 is 5.96 Å². The summed E-state index contributed by atoms with van der Waals surface area (Å²) in [6.45, 7) is 4.01. The highest BCUT2D eigenvalue weighted by molar-refractivity contribution is 5.79. The molecule has 0 radical (unpaired) electrons. The molecular weight excluding hydrogens is 378 g/mol. The maximum atomic E-state index is 5.99. The SMILES string of the molecule is CN=C(NCc1ccccc1Cn1cccn1)NCC(C)Oc1ccccc1OC. The van der Waals surface area contributed by atoms with Crippen molar-refractivity contribution in [3.05, 3.63) is 78.1 Å². The molecule has 30 heavy (non-hydrogen) atoms. The fourth-order valence-corrected chi connectivity index (χ4v) is 3.07. The van der Waals surface area contributed by atoms with E-state index in [0.29, 0.717) is 13.1 Å². The van der Waals surface area contributed by atoms with Crippen LogP contribution in [0.2, 0.25) is 0 Å². The van der Waals surface area contributed by atoms with E-state index in [2.05, 4.69) is 32.9 Å². The highest BCUT2D eigenvalue weighted by Crippen LogP contribution is 2.26. The molecule has 1 unspecified atom stereocenters. The van der Waals surface area contributed by atoms with Crippen LogP contribution in [0.15, 0.2) is 72.0 Å². The van der Waals surface area contributed by atoms with Gasteiger partial charge in [0.05, 0.1) is 20.2 Å². The molecule has 0 saturated heterocycles. The summed E-state index contributed by atoms with van der Waals surface area (Å²) in [5.74, 6) is 2.17. The van der Waals surface area contributed by atoms with Crippen molar-refractivity contribution in [1.29, 1.82) is 0 Å². The van der Waals surface area contributed by atoms with Gasteiger partial charge < -0.3 is 20.1 Å². The van der Waals surface area contributed by atoms with Gasteiger partial charge in [0.2, 0.25) is 0 Å². The number of guanidine groups is 1. The Morgan fingerprint density at radius 1 is 1.03 bits per heavy atom. The normalized spacial score (nSPS) is 12.3. The van der Waals surface area contributed by atoms with Gasteiger partial charge in [-0.25, -0.2) is 0 Å². The molecule has 1 aromatic heterocycles. The van der Waals surface area contributed by atoms with Crippen LogP contribution in [-0.2, 0) is 13.1 Å². The van der Waals surface area contributed by atoms with Gasteiger partial charge >= 0.3 is 0 Å². The van der Waals surface area contributed by atoms with Crippen molar-refractivity contribution in [1.82, 2.24) is 20.4 Å². The standard InChI is InChI=1S/C23H29N5O2/c1-18(30-22-12-7-6-11-21(22)29-3)15-25-23(24-2)26-16-19-9-4-5-10-20(19)17-28-14-8-13-27-28/h4-14,18H,15-17H2,1-3H3,(H2,24,25,26). The number of ether oxygens (including phenoxy) is 2. The first-order valence-corrected chi connectivity index (χ1v) is 9.98. The molecule has 2 aromatic carbocycles. The van der Waals surface area contributed by atoms with Crippen molar-refractivity contribution in [2.75, 3.05) is 20.7 Å². The van der Waals surface area contributed by atoms with Crippen molar-refractivity contribution in [3.8, 4) is 11.5 Å². The summed E-state index contributed by atoms with van der Waals surface area (Å²) >= 11 is 0. The van der Waals surface area contributed by atoms with E-state index < -0.39 is 0 Å². The summed E-state index contributed by atoms with van der Waals surface area (Å²) in [7, 11) is 3.40. The van der Waals surface area contributed by atoms with Crippen LogP contribution in [0.5, 0.6) is 11.5 Å². The zero-order valence-corrected chi connectivity index (χ0v) is 17.7. The van der Waals surface area contributed by atoms with Gasteiger partial charge in [-0.1, -0.05) is 36.4 Å². The topological polar surface area (TPSA) is 72.7 Å². The van der Waals surface area contributed by atoms with E-state index >= 15 is 0 Å². The zero-order valence-electron chi connectivity index (χ0n) is 17.7. The smallest absolute Gasteiger partial charge is 0.191 e. The minimum atomic E-state index is -0.0630. The van der Waals surface area contributed by atoms with Crippen LogP contribution in [-0.4, -0.2) is 42.5 Å². The fourth-order valence-electron chi connectivity index (χ4n) is 3.07. The van der Waals surface area contributed by atoms with Crippen LogP contribution in [0.3, 0.4) is 0 Å². The quantitative estimate of drug-likeness (QED) is 0.421. The Morgan fingerprint density at radius 3 is 2.47 bits per heavy atom. The molecule has 7 heteroatoms. The van der Waals surface area contributed by atoms with E-state index in [1.54, 1.807) is 20.4 Å². The summed E-state index contributed by atoms with van der Waals surface area (Å²) in [6.07, 6.45) is 3.70. The molecule has 0 aliphatic heterocycles. The Kier molecular flexibility index (Phi) is 7.71. The van der Waals surface area contributed by atoms with Crippen LogP contribution in [0.25, 0.3) is 0 Å². The highest BCUT2D eigenvalue weighted by atomic mass is 16.5. The summed E-state index contributed by atoms with van der Waals surface area (Å²) in [6, 6.07) is 17.9. The van der Waals surface area contributed by atoms with E-state index in [0.717, 1.165) is 24.0 Å². The third kappa shape index (κ3) is 6.01. The minimum Gasteiger partial charge on any atom is -0.493 e. The molecule has 0 fully saturated rings. The average molecular weight is 408 g/mol. The first kappa shape index (κ1) is 21.2. The number of methoxy groups -OCH3 is 1. The Morgan fingerprint density at radius 2 is 1.77 bits per heavy atom. The average Bonchev–Trinajstić information content (AvgIpc) is 3.28. The van der Waals surface area contributed by atoms with Gasteiger partial charge in [0, 0.05) is 26.0 Å². The Labute approximate surface area is 177 Å². The van der Waals surface area contributed by atoms with E-state index in [1.807, 2.05) is 60.3 Å². The predicted molar refractivity (Wildman–Crippen MR) is 119 cm³/mol. The van der Waals surface area contributed by atoms with Crippen molar-refractivity contribution < 1.29 is 9.47 Å². The fraction of sp³-hybridized carbons (Fsp3) is 0.304. The van der Waals surface area contributed by atoms with Crippen molar-refractivity contribution in [2.24, 2.45) is 4.99 Å². The third-order valence-corrected chi connectivity index (χ3v) is 4.63. The summed E-state index contributed by atoms with van der Waals surface area (Å²) in [5, 5.41) is 11.0. The summed E-state index contributed by atoms with van der Waals surface area (Å²) < 4.78 is 13.3. The summed E-state index contributed by atoms with van der Waals surface area (Å²) in [4.78, 5) is 4.32. The van der Waals surface area contributed by atoms with E-state index in [-0.39, 0.29) is 6.10 Å². The van der Waals surface area contributed by atoms with Gasteiger partial charge in [0.15, 0.2) is 17.5 Å². The first-order chi connectivity index (χ1) is 14.7. The number of hydrogen-bond acceptors (Lipinski definition) is 4. The third-order valence-electron chi connectivity index (χ3n) is 4.63. The Balaban J connectivity index is 1.52. The number of aliphatic imine (C=N–C) groups is 1. The number of nitrogens with one attached hydrogen (secondary N) is 2. The molecule has 7 nitrogen and oxygen atoms in total. The largest absolute Gasteiger partial charge is 0.493 e. The van der Waals surface area contributed by atoms with Crippen molar-refractivity contribution in [3.63, 3.8) is 0 Å². The summed E-state index contributed by atoms with van der Waals surface area (Å²) in [5.41, 5.74) is 2.42. The van der Waals surface area contributed by atoms with Gasteiger partial charge in [0.1, 0.15) is 6.10 Å². The lowest BCUT2D eigenvalue weighted by molar-refractivity contribution is 0.213. The van der Waals surface area contributed by atoms with Crippen LogP contribution in [0.1, 0.15) is 18.1 Å². The number of aromatic nitrogens is 2. The molecule has 0 aliphatic rings. The number of hydrogen-bond donors (Lipinski definition) is 2. The molecule has 3 aromatic rings. The predicted octanol–water partition coefficient (Wildman–Crippen LogP) is 3.07. The van der Waals surface area contributed by atoms with Crippen LogP contribution in [0.4, 0.5) is 0 Å². The first-order valence-electron chi connectivity index (χ1n) is 9.98. The second kappa shape index (κ2) is 10.9. The maximum absolute atomic E-state index is 5.99. The van der Waals surface area contributed by atoms with Crippen LogP contribution in [0, 0.1) is 0 Å². The Hall–Kier alpha value is -3.48. The number of para-hydroxylation sites is 2. The van der Waals surface area contributed by atoms with Crippen molar-refractivity contribution in [2.45, 2.75) is 26.1 Å². The molecule has 0 spiro atoms. The van der Waals surface area contributed by atoms with Gasteiger partial charge in [-0.15, -0.1) is 0 Å². The molecule has 1 atom stereocenters. The molecular formula is C23H29N5O2.